The molecule has 1 atom stereocenters. The van der Waals surface area contributed by atoms with Crippen molar-refractivity contribution >= 4 is 0 Å². The maximum absolute atomic E-state index is 13.3. The molecule has 2 aromatic carbocycles. The van der Waals surface area contributed by atoms with E-state index in [0.717, 1.165) is 28.2 Å². The lowest BCUT2D eigenvalue weighted by molar-refractivity contribution is 0.378. The smallest absolute Gasteiger partial charge is 0.127 e. The number of rotatable bonds is 5. The first-order valence-corrected chi connectivity index (χ1v) is 6.76. The highest BCUT2D eigenvalue weighted by Crippen LogP contribution is 2.38. The minimum Gasteiger partial charge on any atom is -0.496 e. The average molecular weight is 289 g/mol. The van der Waals surface area contributed by atoms with Gasteiger partial charge >= 0.3 is 0 Å². The Hall–Kier alpha value is -2.07. The van der Waals surface area contributed by atoms with Crippen molar-refractivity contribution in [2.75, 3.05) is 21.3 Å². The van der Waals surface area contributed by atoms with Crippen LogP contribution in [0.4, 0.5) is 4.39 Å². The summed E-state index contributed by atoms with van der Waals surface area (Å²) in [4.78, 5) is 0. The maximum Gasteiger partial charge on any atom is 0.127 e. The predicted octanol–water partition coefficient (Wildman–Crippen LogP) is 3.46. The van der Waals surface area contributed by atoms with E-state index in [1.54, 1.807) is 20.3 Å². The number of hydrogen-bond acceptors (Lipinski definition) is 3. The molecule has 1 N–H and O–H groups in total. The van der Waals surface area contributed by atoms with Gasteiger partial charge in [0.05, 0.1) is 25.8 Å². The van der Waals surface area contributed by atoms with Crippen LogP contribution in [-0.4, -0.2) is 21.3 Å². The molecular formula is C17H20FNO2. The first-order chi connectivity index (χ1) is 10.1. The van der Waals surface area contributed by atoms with Crippen molar-refractivity contribution in [3.8, 4) is 11.5 Å². The second kappa shape index (κ2) is 6.59. The van der Waals surface area contributed by atoms with Gasteiger partial charge in [0, 0.05) is 0 Å². The molecule has 0 aliphatic carbocycles. The van der Waals surface area contributed by atoms with Gasteiger partial charge < -0.3 is 14.8 Å². The van der Waals surface area contributed by atoms with Crippen molar-refractivity contribution in [2.45, 2.75) is 13.0 Å². The Kier molecular flexibility index (Phi) is 4.81. The van der Waals surface area contributed by atoms with Gasteiger partial charge in [-0.05, 0) is 49.4 Å². The quantitative estimate of drug-likeness (QED) is 0.914. The summed E-state index contributed by atoms with van der Waals surface area (Å²) in [6.45, 7) is 1.89. The molecule has 0 heterocycles. The summed E-state index contributed by atoms with van der Waals surface area (Å²) in [5.41, 5.74) is 2.77. The Morgan fingerprint density at radius 1 is 1.05 bits per heavy atom. The van der Waals surface area contributed by atoms with Gasteiger partial charge in [-0.2, -0.15) is 0 Å². The third-order valence-electron chi connectivity index (χ3n) is 3.59. The Bertz CT molecular complexity index is 606. The van der Waals surface area contributed by atoms with Crippen LogP contribution in [-0.2, 0) is 0 Å². The lowest BCUT2D eigenvalue weighted by atomic mass is 9.93. The second-order valence-corrected chi connectivity index (χ2v) is 4.80. The highest BCUT2D eigenvalue weighted by atomic mass is 19.1. The van der Waals surface area contributed by atoms with Crippen LogP contribution in [0.2, 0.25) is 0 Å². The minimum absolute atomic E-state index is 0.142. The van der Waals surface area contributed by atoms with Gasteiger partial charge in [0.1, 0.15) is 17.3 Å². The van der Waals surface area contributed by atoms with E-state index in [1.165, 1.54) is 12.1 Å². The maximum atomic E-state index is 13.3. The Labute approximate surface area is 124 Å². The first kappa shape index (κ1) is 15.3. The molecule has 2 aromatic rings. The molecule has 21 heavy (non-hydrogen) atoms. The molecule has 0 amide bonds. The normalized spacial score (nSPS) is 12.0. The van der Waals surface area contributed by atoms with E-state index in [4.69, 9.17) is 9.47 Å². The van der Waals surface area contributed by atoms with Crippen LogP contribution in [0.5, 0.6) is 11.5 Å². The van der Waals surface area contributed by atoms with Gasteiger partial charge in [-0.15, -0.1) is 0 Å². The number of aryl methyl sites for hydroxylation is 1. The number of nitrogens with one attached hydrogen (secondary N) is 1. The Morgan fingerprint density at radius 3 is 2.14 bits per heavy atom. The monoisotopic (exact) mass is 289 g/mol. The van der Waals surface area contributed by atoms with E-state index in [1.807, 2.05) is 32.2 Å². The van der Waals surface area contributed by atoms with Crippen molar-refractivity contribution in [2.24, 2.45) is 0 Å². The number of halogens is 1. The van der Waals surface area contributed by atoms with Gasteiger partial charge in [0.25, 0.3) is 0 Å². The molecular weight excluding hydrogens is 269 g/mol. The Balaban J connectivity index is 2.61. The third kappa shape index (κ3) is 3.00. The fourth-order valence-corrected chi connectivity index (χ4v) is 2.58. The molecule has 0 aliphatic heterocycles. The molecule has 0 saturated carbocycles. The summed E-state index contributed by atoms with van der Waals surface area (Å²) >= 11 is 0. The largest absolute Gasteiger partial charge is 0.496 e. The lowest BCUT2D eigenvalue weighted by Gasteiger charge is -2.23. The highest BCUT2D eigenvalue weighted by molar-refractivity contribution is 5.51. The van der Waals surface area contributed by atoms with Crippen molar-refractivity contribution in [3.63, 3.8) is 0 Å². The molecule has 1 unspecified atom stereocenters. The molecule has 0 aliphatic rings. The zero-order chi connectivity index (χ0) is 15.4. The molecule has 0 radical (unpaired) electrons. The van der Waals surface area contributed by atoms with Gasteiger partial charge in [-0.1, -0.05) is 12.1 Å². The SMILES string of the molecule is CNC(c1ccc(F)cc1C)c1c(OC)cccc1OC. The summed E-state index contributed by atoms with van der Waals surface area (Å²) in [6, 6.07) is 10.3. The predicted molar refractivity (Wildman–Crippen MR) is 81.6 cm³/mol. The number of hydrogen-bond donors (Lipinski definition) is 1. The topological polar surface area (TPSA) is 30.5 Å². The molecule has 0 spiro atoms. The standard InChI is InChI=1S/C17H20FNO2/c1-11-10-12(18)8-9-13(11)17(19-2)16-14(20-3)6-5-7-15(16)21-4/h5-10,17,19H,1-4H3. The highest BCUT2D eigenvalue weighted by Gasteiger charge is 2.22. The zero-order valence-electron chi connectivity index (χ0n) is 12.7. The minimum atomic E-state index is -0.238. The van der Waals surface area contributed by atoms with E-state index >= 15 is 0 Å². The van der Waals surface area contributed by atoms with Crippen LogP contribution in [0.1, 0.15) is 22.7 Å². The van der Waals surface area contributed by atoms with E-state index in [2.05, 4.69) is 5.32 Å². The van der Waals surface area contributed by atoms with Gasteiger partial charge in [-0.3, -0.25) is 0 Å². The molecule has 2 rings (SSSR count). The summed E-state index contributed by atoms with van der Waals surface area (Å²) in [5, 5.41) is 3.26. The van der Waals surface area contributed by atoms with Crippen molar-refractivity contribution < 1.29 is 13.9 Å². The molecule has 112 valence electrons. The number of methoxy groups -OCH3 is 2. The number of benzene rings is 2. The van der Waals surface area contributed by atoms with Crippen molar-refractivity contribution in [1.82, 2.24) is 5.32 Å². The fourth-order valence-electron chi connectivity index (χ4n) is 2.58. The van der Waals surface area contributed by atoms with Crippen LogP contribution in [0, 0.1) is 12.7 Å². The van der Waals surface area contributed by atoms with E-state index in [0.29, 0.717) is 0 Å². The molecule has 0 aromatic heterocycles. The molecule has 0 fully saturated rings. The first-order valence-electron chi connectivity index (χ1n) is 6.76. The number of ether oxygens (including phenoxy) is 2. The van der Waals surface area contributed by atoms with Crippen LogP contribution in [0.25, 0.3) is 0 Å². The molecule has 3 nitrogen and oxygen atoms in total. The van der Waals surface area contributed by atoms with Crippen molar-refractivity contribution in [1.29, 1.82) is 0 Å². The lowest BCUT2D eigenvalue weighted by Crippen LogP contribution is -2.20. The summed E-state index contributed by atoms with van der Waals surface area (Å²) in [7, 11) is 5.12. The summed E-state index contributed by atoms with van der Waals surface area (Å²) in [5.74, 6) is 1.23. The van der Waals surface area contributed by atoms with E-state index in [9.17, 15) is 4.39 Å². The fraction of sp³-hybridized carbons (Fsp3) is 0.294. The summed E-state index contributed by atoms with van der Waals surface area (Å²) < 4.78 is 24.3. The van der Waals surface area contributed by atoms with Crippen LogP contribution >= 0.6 is 0 Å². The third-order valence-corrected chi connectivity index (χ3v) is 3.59. The summed E-state index contributed by atoms with van der Waals surface area (Å²) in [6.07, 6.45) is 0. The zero-order valence-corrected chi connectivity index (χ0v) is 12.7. The molecule has 0 saturated heterocycles. The van der Waals surface area contributed by atoms with E-state index < -0.39 is 0 Å². The molecule has 0 bridgehead atoms. The van der Waals surface area contributed by atoms with Crippen LogP contribution in [0.15, 0.2) is 36.4 Å². The molecule has 4 heteroatoms. The van der Waals surface area contributed by atoms with Crippen LogP contribution in [0.3, 0.4) is 0 Å². The van der Waals surface area contributed by atoms with Crippen molar-refractivity contribution in [3.05, 3.63) is 58.9 Å². The average Bonchev–Trinajstić information content (AvgIpc) is 2.49. The van der Waals surface area contributed by atoms with Gasteiger partial charge in [-0.25, -0.2) is 4.39 Å². The van der Waals surface area contributed by atoms with Gasteiger partial charge in [0.2, 0.25) is 0 Å². The van der Waals surface area contributed by atoms with E-state index in [-0.39, 0.29) is 11.9 Å². The Morgan fingerprint density at radius 2 is 1.67 bits per heavy atom. The second-order valence-electron chi connectivity index (χ2n) is 4.80. The van der Waals surface area contributed by atoms with Gasteiger partial charge in [0.15, 0.2) is 0 Å². The van der Waals surface area contributed by atoms with Crippen LogP contribution < -0.4 is 14.8 Å².